The molecule has 0 radical (unpaired) electrons. The summed E-state index contributed by atoms with van der Waals surface area (Å²) in [6.07, 6.45) is 2.11. The number of rotatable bonds is 11. The molecule has 0 aliphatic heterocycles. The van der Waals surface area contributed by atoms with Crippen molar-refractivity contribution in [3.63, 3.8) is 0 Å². The molecule has 2 aromatic heterocycles. The number of carbonyl (C=O) groups excluding carboxylic acids is 1. The second-order valence-electron chi connectivity index (χ2n) is 7.53. The van der Waals surface area contributed by atoms with Crippen molar-refractivity contribution in [3.05, 3.63) is 54.3 Å². The second kappa shape index (κ2) is 11.9. The molecule has 0 atom stereocenters. The molecule has 0 fully saturated rings. The van der Waals surface area contributed by atoms with Gasteiger partial charge in [-0.05, 0) is 61.9 Å². The van der Waals surface area contributed by atoms with Crippen LogP contribution in [0.3, 0.4) is 0 Å². The highest BCUT2D eigenvalue weighted by Crippen LogP contribution is 2.29. The van der Waals surface area contributed by atoms with Crippen LogP contribution in [0.15, 0.2) is 53.7 Å². The normalized spacial score (nSPS) is 10.9. The van der Waals surface area contributed by atoms with Crippen molar-refractivity contribution in [2.75, 3.05) is 17.7 Å². The number of hydrogen-bond acceptors (Lipinski definition) is 8. The van der Waals surface area contributed by atoms with E-state index in [-0.39, 0.29) is 17.5 Å². The summed E-state index contributed by atoms with van der Waals surface area (Å²) in [6, 6.07) is 13.8. The Morgan fingerprint density at radius 2 is 1.77 bits per heavy atom. The summed E-state index contributed by atoms with van der Waals surface area (Å²) in [4.78, 5) is 12.5. The van der Waals surface area contributed by atoms with Gasteiger partial charge in [-0.15, -0.1) is 20.4 Å². The summed E-state index contributed by atoms with van der Waals surface area (Å²) in [7, 11) is 0. The minimum Gasteiger partial charge on any atom is -0.494 e. The van der Waals surface area contributed by atoms with E-state index in [0.717, 1.165) is 29.7 Å². The third kappa shape index (κ3) is 6.43. The van der Waals surface area contributed by atoms with Gasteiger partial charge >= 0.3 is 0 Å². The number of thioether (sulfide) groups is 1. The smallest absolute Gasteiger partial charge is 0.236 e. The average molecular weight is 513 g/mol. The van der Waals surface area contributed by atoms with Crippen LogP contribution in [0.2, 0.25) is 0 Å². The fourth-order valence-electron chi connectivity index (χ4n) is 3.20. The van der Waals surface area contributed by atoms with Gasteiger partial charge in [0.25, 0.3) is 0 Å². The van der Waals surface area contributed by atoms with E-state index in [4.69, 9.17) is 4.74 Å². The van der Waals surface area contributed by atoms with Gasteiger partial charge in [0, 0.05) is 17.7 Å². The standard InChI is InChI=1S/C24H25FN6O2S2/c1-3-5-14-33-19-12-8-17(9-13-19)22-28-29-23(35-22)26-20(32)15-34-24-30-27-21(31(24)4-2)16-6-10-18(25)11-7-16/h6-13H,3-5,14-15H2,1-2H3,(H,26,29,32). The monoisotopic (exact) mass is 512 g/mol. The number of unbranched alkanes of at least 4 members (excludes halogenated alkanes) is 1. The van der Waals surface area contributed by atoms with Crippen LogP contribution < -0.4 is 10.1 Å². The molecule has 4 aromatic rings. The maximum Gasteiger partial charge on any atom is 0.236 e. The van der Waals surface area contributed by atoms with Crippen LogP contribution in [-0.4, -0.2) is 43.2 Å². The number of ether oxygens (including phenoxy) is 1. The van der Waals surface area contributed by atoms with Crippen LogP contribution in [0, 0.1) is 5.82 Å². The van der Waals surface area contributed by atoms with E-state index in [1.54, 1.807) is 12.1 Å². The zero-order chi connectivity index (χ0) is 24.6. The predicted octanol–water partition coefficient (Wildman–Crippen LogP) is 5.53. The molecule has 0 aliphatic carbocycles. The molecule has 182 valence electrons. The van der Waals surface area contributed by atoms with Gasteiger partial charge in [-0.1, -0.05) is 36.4 Å². The number of hydrogen-bond donors (Lipinski definition) is 1. The topological polar surface area (TPSA) is 94.8 Å². The Bertz CT molecular complexity index is 1260. The van der Waals surface area contributed by atoms with Gasteiger partial charge in [-0.3, -0.25) is 10.1 Å². The number of amides is 1. The Morgan fingerprint density at radius 1 is 1.03 bits per heavy atom. The Labute approximate surface area is 211 Å². The summed E-state index contributed by atoms with van der Waals surface area (Å²) < 4.78 is 20.8. The highest BCUT2D eigenvalue weighted by molar-refractivity contribution is 7.99. The van der Waals surface area contributed by atoms with Gasteiger partial charge in [0.05, 0.1) is 12.4 Å². The van der Waals surface area contributed by atoms with Gasteiger partial charge in [-0.2, -0.15) is 0 Å². The minimum absolute atomic E-state index is 0.139. The molecule has 0 saturated heterocycles. The first-order chi connectivity index (χ1) is 17.1. The third-order valence-corrected chi connectivity index (χ3v) is 6.86. The van der Waals surface area contributed by atoms with E-state index in [2.05, 4.69) is 32.6 Å². The fourth-order valence-corrected chi connectivity index (χ4v) is 4.76. The molecule has 35 heavy (non-hydrogen) atoms. The fraction of sp³-hybridized carbons (Fsp3) is 0.292. The number of aromatic nitrogens is 5. The predicted molar refractivity (Wildman–Crippen MR) is 136 cm³/mol. The Hall–Kier alpha value is -3.31. The molecule has 1 amide bonds. The van der Waals surface area contributed by atoms with Crippen LogP contribution >= 0.6 is 23.1 Å². The van der Waals surface area contributed by atoms with Crippen molar-refractivity contribution in [1.82, 2.24) is 25.0 Å². The lowest BCUT2D eigenvalue weighted by Crippen LogP contribution is -2.14. The lowest BCUT2D eigenvalue weighted by Gasteiger charge is -2.07. The van der Waals surface area contributed by atoms with E-state index in [1.807, 2.05) is 35.8 Å². The van der Waals surface area contributed by atoms with Crippen molar-refractivity contribution in [1.29, 1.82) is 0 Å². The highest BCUT2D eigenvalue weighted by Gasteiger charge is 2.16. The summed E-state index contributed by atoms with van der Waals surface area (Å²) in [6.45, 7) is 5.41. The van der Waals surface area contributed by atoms with Crippen molar-refractivity contribution < 1.29 is 13.9 Å². The largest absolute Gasteiger partial charge is 0.494 e. The van der Waals surface area contributed by atoms with Crippen molar-refractivity contribution >= 4 is 34.1 Å². The van der Waals surface area contributed by atoms with Crippen LogP contribution in [0.5, 0.6) is 5.75 Å². The summed E-state index contributed by atoms with van der Waals surface area (Å²) in [5, 5.41) is 21.2. The van der Waals surface area contributed by atoms with Gasteiger partial charge in [0.2, 0.25) is 11.0 Å². The number of carbonyl (C=O) groups is 1. The van der Waals surface area contributed by atoms with Crippen LogP contribution in [-0.2, 0) is 11.3 Å². The second-order valence-corrected chi connectivity index (χ2v) is 9.45. The Kier molecular flexibility index (Phi) is 8.43. The Morgan fingerprint density at radius 3 is 2.49 bits per heavy atom. The highest BCUT2D eigenvalue weighted by atomic mass is 32.2. The number of anilines is 1. The average Bonchev–Trinajstić information content (AvgIpc) is 3.51. The molecule has 4 rings (SSSR count). The number of nitrogens with zero attached hydrogens (tertiary/aromatic N) is 5. The first-order valence-corrected chi connectivity index (χ1v) is 13.1. The quantitative estimate of drug-likeness (QED) is 0.208. The van der Waals surface area contributed by atoms with E-state index < -0.39 is 0 Å². The van der Waals surface area contributed by atoms with Crippen molar-refractivity contribution in [2.24, 2.45) is 0 Å². The van der Waals surface area contributed by atoms with Gasteiger partial charge < -0.3 is 9.30 Å². The first-order valence-electron chi connectivity index (χ1n) is 11.3. The third-order valence-electron chi connectivity index (χ3n) is 5.01. The molecule has 2 heterocycles. The van der Waals surface area contributed by atoms with Crippen molar-refractivity contribution in [2.45, 2.75) is 38.4 Å². The van der Waals surface area contributed by atoms with Crippen LogP contribution in [0.4, 0.5) is 9.52 Å². The van der Waals surface area contributed by atoms with E-state index in [9.17, 15) is 9.18 Å². The van der Waals surface area contributed by atoms with Crippen LogP contribution in [0.1, 0.15) is 26.7 Å². The molecule has 0 spiro atoms. The van der Waals surface area contributed by atoms with Gasteiger partial charge in [0.15, 0.2) is 11.0 Å². The van der Waals surface area contributed by atoms with E-state index >= 15 is 0 Å². The molecule has 11 heteroatoms. The number of halogens is 1. The lowest BCUT2D eigenvalue weighted by atomic mass is 10.2. The molecule has 8 nitrogen and oxygen atoms in total. The summed E-state index contributed by atoms with van der Waals surface area (Å²) >= 11 is 2.58. The summed E-state index contributed by atoms with van der Waals surface area (Å²) in [5.74, 6) is 1.06. The van der Waals surface area contributed by atoms with Crippen LogP contribution in [0.25, 0.3) is 22.0 Å². The zero-order valence-electron chi connectivity index (χ0n) is 19.4. The SMILES string of the molecule is CCCCOc1ccc(-c2nnc(NC(=O)CSc3nnc(-c4ccc(F)cc4)n3CC)s2)cc1. The molecule has 0 aliphatic rings. The first kappa shape index (κ1) is 24.8. The minimum atomic E-state index is -0.309. The van der Waals surface area contributed by atoms with E-state index in [0.29, 0.717) is 34.3 Å². The maximum atomic E-state index is 13.2. The maximum absolute atomic E-state index is 13.2. The molecule has 0 unspecified atom stereocenters. The number of nitrogens with one attached hydrogen (secondary N) is 1. The number of benzene rings is 2. The lowest BCUT2D eigenvalue weighted by molar-refractivity contribution is -0.113. The van der Waals surface area contributed by atoms with Gasteiger partial charge in [0.1, 0.15) is 16.6 Å². The Balaban J connectivity index is 1.33. The molecule has 0 bridgehead atoms. The summed E-state index contributed by atoms with van der Waals surface area (Å²) in [5.41, 5.74) is 1.67. The molecule has 1 N–H and O–H groups in total. The molecule has 2 aromatic carbocycles. The van der Waals surface area contributed by atoms with Crippen molar-refractivity contribution in [3.8, 4) is 27.7 Å². The molecule has 0 saturated carbocycles. The zero-order valence-corrected chi connectivity index (χ0v) is 21.0. The van der Waals surface area contributed by atoms with Gasteiger partial charge in [-0.25, -0.2) is 4.39 Å². The molecular formula is C24H25FN6O2S2. The van der Waals surface area contributed by atoms with E-state index in [1.165, 1.54) is 35.2 Å². The molecular weight excluding hydrogens is 487 g/mol.